The minimum Gasteiger partial charge on any atom is -0.507 e. The molecule has 3 aromatic carbocycles. The average molecular weight is 473 g/mol. The van der Waals surface area contributed by atoms with Crippen LogP contribution in [0, 0.1) is 6.92 Å². The molecule has 0 aliphatic heterocycles. The van der Waals surface area contributed by atoms with Crippen molar-refractivity contribution in [1.82, 2.24) is 20.0 Å². The number of nitrogens with zero attached hydrogens (tertiary/aromatic N) is 3. The summed E-state index contributed by atoms with van der Waals surface area (Å²) in [6.45, 7) is 2.17. The van der Waals surface area contributed by atoms with Crippen molar-refractivity contribution < 1.29 is 14.6 Å². The Labute approximate surface area is 201 Å². The fourth-order valence-electron chi connectivity index (χ4n) is 3.47. The van der Waals surface area contributed by atoms with Gasteiger partial charge in [-0.1, -0.05) is 29.8 Å². The Morgan fingerprint density at radius 3 is 2.53 bits per heavy atom. The summed E-state index contributed by atoms with van der Waals surface area (Å²) in [4.78, 5) is 0. The van der Waals surface area contributed by atoms with E-state index in [-0.39, 0.29) is 5.75 Å². The third kappa shape index (κ3) is 4.60. The third-order valence-corrected chi connectivity index (χ3v) is 5.46. The number of benzene rings is 3. The van der Waals surface area contributed by atoms with E-state index in [0.717, 1.165) is 16.9 Å². The molecule has 0 aliphatic rings. The van der Waals surface area contributed by atoms with E-state index in [0.29, 0.717) is 40.1 Å². The summed E-state index contributed by atoms with van der Waals surface area (Å²) in [5.74, 6) is 1.70. The Morgan fingerprint density at radius 1 is 1.00 bits per heavy atom. The first-order valence-electron chi connectivity index (χ1n) is 10.6. The molecule has 0 amide bonds. The van der Waals surface area contributed by atoms with E-state index in [4.69, 9.17) is 21.1 Å². The van der Waals surface area contributed by atoms with Crippen LogP contribution in [0.15, 0.2) is 85.2 Å². The average Bonchev–Trinajstić information content (AvgIpc) is 3.47. The lowest BCUT2D eigenvalue weighted by molar-refractivity contribution is 0.304. The zero-order valence-electron chi connectivity index (χ0n) is 18.3. The molecule has 0 atom stereocenters. The van der Waals surface area contributed by atoms with E-state index in [2.05, 4.69) is 15.3 Å². The van der Waals surface area contributed by atoms with Crippen molar-refractivity contribution >= 4 is 11.6 Å². The fourth-order valence-corrected chi connectivity index (χ4v) is 3.60. The molecule has 0 unspecified atom stereocenters. The van der Waals surface area contributed by atoms with Gasteiger partial charge in [-0.25, -0.2) is 4.68 Å². The first-order valence-corrected chi connectivity index (χ1v) is 11.0. The maximum absolute atomic E-state index is 10.7. The Balaban J connectivity index is 1.31. The number of phenolic OH excluding ortho intramolecular Hbond substituents is 1. The number of aromatic amines is 1. The summed E-state index contributed by atoms with van der Waals surface area (Å²) in [5.41, 5.74) is 3.65. The Hall–Kier alpha value is -4.23. The Bertz CT molecular complexity index is 1410. The quantitative estimate of drug-likeness (QED) is 0.290. The Kier molecular flexibility index (Phi) is 5.93. The molecule has 7 nitrogen and oxygen atoms in total. The van der Waals surface area contributed by atoms with E-state index in [1.807, 2.05) is 43.5 Å². The molecule has 0 aliphatic carbocycles. The van der Waals surface area contributed by atoms with Gasteiger partial charge in [-0.15, -0.1) is 0 Å². The number of H-pyrrole nitrogens is 1. The SMILES string of the molecule is Cc1[nH]nc(-c2ccc(OCc3cnn(-c4ccccc4)c3)cc2O)c1Oc1ccc(Cl)cc1. The van der Waals surface area contributed by atoms with Crippen LogP contribution in [0.1, 0.15) is 11.3 Å². The standard InChI is InChI=1S/C26H21ClN4O3/c1-17-26(34-21-9-7-19(27)8-10-21)25(30-29-17)23-12-11-22(13-24(23)32)33-16-18-14-28-31(15-18)20-5-3-2-4-6-20/h2-15,32H,16H2,1H3,(H,29,30). The summed E-state index contributed by atoms with van der Waals surface area (Å²) < 4.78 is 13.7. The van der Waals surface area contributed by atoms with Crippen molar-refractivity contribution in [1.29, 1.82) is 0 Å². The number of hydrogen-bond acceptors (Lipinski definition) is 5. The highest BCUT2D eigenvalue weighted by molar-refractivity contribution is 6.30. The first kappa shape index (κ1) is 21.6. The summed E-state index contributed by atoms with van der Waals surface area (Å²) in [7, 11) is 0. The van der Waals surface area contributed by atoms with E-state index >= 15 is 0 Å². The van der Waals surface area contributed by atoms with Crippen LogP contribution in [0.25, 0.3) is 16.9 Å². The number of hydrogen-bond donors (Lipinski definition) is 2. The summed E-state index contributed by atoms with van der Waals surface area (Å²) in [5, 5.41) is 23.0. The van der Waals surface area contributed by atoms with Crippen molar-refractivity contribution in [3.63, 3.8) is 0 Å². The van der Waals surface area contributed by atoms with Gasteiger partial charge in [0.05, 0.1) is 17.6 Å². The van der Waals surface area contributed by atoms with Gasteiger partial charge in [-0.3, -0.25) is 5.10 Å². The topological polar surface area (TPSA) is 85.2 Å². The number of aryl methyl sites for hydroxylation is 1. The number of nitrogens with one attached hydrogen (secondary N) is 1. The van der Waals surface area contributed by atoms with Crippen LogP contribution in [-0.2, 0) is 6.61 Å². The largest absolute Gasteiger partial charge is 0.507 e. The number of aromatic nitrogens is 4. The van der Waals surface area contributed by atoms with Crippen LogP contribution in [-0.4, -0.2) is 25.1 Å². The van der Waals surface area contributed by atoms with Gasteiger partial charge in [0.1, 0.15) is 29.5 Å². The van der Waals surface area contributed by atoms with Crippen LogP contribution < -0.4 is 9.47 Å². The molecule has 0 saturated heterocycles. The lowest BCUT2D eigenvalue weighted by Gasteiger charge is -2.10. The van der Waals surface area contributed by atoms with Gasteiger partial charge in [0, 0.05) is 28.4 Å². The fraction of sp³-hybridized carbons (Fsp3) is 0.0769. The number of halogens is 1. The molecule has 5 aromatic rings. The van der Waals surface area contributed by atoms with Gasteiger partial charge in [0.15, 0.2) is 5.75 Å². The molecular formula is C26H21ClN4O3. The number of phenols is 1. The predicted molar refractivity (Wildman–Crippen MR) is 130 cm³/mol. The maximum Gasteiger partial charge on any atom is 0.176 e. The lowest BCUT2D eigenvalue weighted by atomic mass is 10.1. The molecule has 2 heterocycles. The molecule has 0 fully saturated rings. The van der Waals surface area contributed by atoms with Gasteiger partial charge in [0.2, 0.25) is 0 Å². The second-order valence-electron chi connectivity index (χ2n) is 7.68. The molecule has 8 heteroatoms. The molecular weight excluding hydrogens is 452 g/mol. The summed E-state index contributed by atoms with van der Waals surface area (Å²) in [6, 6.07) is 22.0. The van der Waals surface area contributed by atoms with Crippen LogP contribution >= 0.6 is 11.6 Å². The van der Waals surface area contributed by atoms with E-state index < -0.39 is 0 Å². The highest BCUT2D eigenvalue weighted by atomic mass is 35.5. The summed E-state index contributed by atoms with van der Waals surface area (Å²) in [6.07, 6.45) is 3.67. The molecule has 2 aromatic heterocycles. The van der Waals surface area contributed by atoms with Crippen molar-refractivity contribution in [3.8, 4) is 39.9 Å². The highest BCUT2D eigenvalue weighted by Gasteiger charge is 2.18. The smallest absolute Gasteiger partial charge is 0.176 e. The second-order valence-corrected chi connectivity index (χ2v) is 8.12. The minimum atomic E-state index is 0.0323. The van der Waals surface area contributed by atoms with Crippen molar-refractivity contribution in [3.05, 3.63) is 101 Å². The monoisotopic (exact) mass is 472 g/mol. The molecule has 5 rings (SSSR count). The zero-order chi connectivity index (χ0) is 23.5. The van der Waals surface area contributed by atoms with E-state index in [1.165, 1.54) is 0 Å². The van der Waals surface area contributed by atoms with Gasteiger partial charge in [-0.05, 0) is 55.5 Å². The molecule has 170 valence electrons. The minimum absolute atomic E-state index is 0.0323. The van der Waals surface area contributed by atoms with Crippen molar-refractivity contribution in [2.24, 2.45) is 0 Å². The van der Waals surface area contributed by atoms with Crippen LogP contribution in [0.2, 0.25) is 5.02 Å². The summed E-state index contributed by atoms with van der Waals surface area (Å²) >= 11 is 5.96. The third-order valence-electron chi connectivity index (χ3n) is 5.21. The second kappa shape index (κ2) is 9.33. The number of rotatable bonds is 7. The lowest BCUT2D eigenvalue weighted by Crippen LogP contribution is -1.95. The predicted octanol–water partition coefficient (Wildman–Crippen LogP) is 6.30. The van der Waals surface area contributed by atoms with E-state index in [1.54, 1.807) is 53.3 Å². The zero-order valence-corrected chi connectivity index (χ0v) is 19.0. The van der Waals surface area contributed by atoms with Gasteiger partial charge < -0.3 is 14.6 Å². The molecule has 0 radical (unpaired) electrons. The number of ether oxygens (including phenoxy) is 2. The Morgan fingerprint density at radius 2 is 1.76 bits per heavy atom. The molecule has 0 spiro atoms. The van der Waals surface area contributed by atoms with Crippen LogP contribution in [0.3, 0.4) is 0 Å². The van der Waals surface area contributed by atoms with Crippen LogP contribution in [0.4, 0.5) is 0 Å². The number of para-hydroxylation sites is 1. The highest BCUT2D eigenvalue weighted by Crippen LogP contribution is 2.40. The molecule has 0 bridgehead atoms. The molecule has 34 heavy (non-hydrogen) atoms. The maximum atomic E-state index is 10.7. The number of aromatic hydroxyl groups is 1. The van der Waals surface area contributed by atoms with E-state index in [9.17, 15) is 5.11 Å². The molecule has 2 N–H and O–H groups in total. The first-order chi connectivity index (χ1) is 16.6. The van der Waals surface area contributed by atoms with Crippen LogP contribution in [0.5, 0.6) is 23.0 Å². The van der Waals surface area contributed by atoms with Gasteiger partial charge in [0.25, 0.3) is 0 Å². The van der Waals surface area contributed by atoms with Crippen molar-refractivity contribution in [2.75, 3.05) is 0 Å². The van der Waals surface area contributed by atoms with Gasteiger partial charge in [-0.2, -0.15) is 10.2 Å². The van der Waals surface area contributed by atoms with Gasteiger partial charge >= 0.3 is 0 Å². The normalized spacial score (nSPS) is 10.9. The van der Waals surface area contributed by atoms with Crippen molar-refractivity contribution in [2.45, 2.75) is 13.5 Å². The molecule has 0 saturated carbocycles.